The van der Waals surface area contributed by atoms with Gasteiger partial charge in [0.25, 0.3) is 0 Å². The molecule has 0 aliphatic rings. The molecule has 0 bridgehead atoms. The highest BCUT2D eigenvalue weighted by molar-refractivity contribution is 5.25. The molecule has 11 heteroatoms. The Labute approximate surface area is 515 Å². The number of hydrogen-bond acceptors (Lipinski definition) is 11. The van der Waals surface area contributed by atoms with E-state index in [0.29, 0.717) is 0 Å². The number of nitrogens with zero attached hydrogens (tertiary/aromatic N) is 11. The lowest BCUT2D eigenvalue weighted by molar-refractivity contribution is 0.495. The van der Waals surface area contributed by atoms with Crippen molar-refractivity contribution in [3.63, 3.8) is 0 Å². The van der Waals surface area contributed by atoms with Crippen molar-refractivity contribution < 1.29 is 0 Å². The molecule has 6 heterocycles. The van der Waals surface area contributed by atoms with Gasteiger partial charge in [-0.3, -0.25) is 19.9 Å². The quantitative estimate of drug-likeness (QED) is 0.143. The van der Waals surface area contributed by atoms with E-state index in [0.717, 1.165) is 46.1 Å². The van der Waals surface area contributed by atoms with E-state index in [1.165, 1.54) is 22.5 Å². The molecule has 0 unspecified atom stereocenters. The van der Waals surface area contributed by atoms with Crippen molar-refractivity contribution in [2.45, 2.75) is 314 Å². The summed E-state index contributed by atoms with van der Waals surface area (Å²) in [6.07, 6.45) is 13.1. The van der Waals surface area contributed by atoms with Crippen LogP contribution < -0.4 is 0 Å². The van der Waals surface area contributed by atoms with Crippen molar-refractivity contribution in [1.82, 2.24) is 54.8 Å². The van der Waals surface area contributed by atoms with Gasteiger partial charge in [0.05, 0.1) is 11.4 Å². The normalized spacial score (nSPS) is 13.0. The van der Waals surface area contributed by atoms with Crippen molar-refractivity contribution >= 4 is 0 Å². The molecule has 0 radical (unpaired) electrons. The Kier molecular flexibility index (Phi) is 25.9. The average molecular weight is 1150 g/mol. The molecule has 0 N–H and O–H groups in total. The van der Waals surface area contributed by atoms with Crippen molar-refractivity contribution in [1.29, 1.82) is 0 Å². The van der Waals surface area contributed by atoms with Gasteiger partial charge in [-0.1, -0.05) is 261 Å². The van der Waals surface area contributed by atoms with Crippen LogP contribution in [0.2, 0.25) is 0 Å². The Morgan fingerprint density at radius 1 is 0.202 bits per heavy atom. The second-order valence-corrected chi connectivity index (χ2v) is 34.8. The molecule has 0 spiro atoms. The summed E-state index contributed by atoms with van der Waals surface area (Å²) in [6, 6.07) is 12.6. The maximum atomic E-state index is 4.72. The van der Waals surface area contributed by atoms with Gasteiger partial charge in [0.15, 0.2) is 0 Å². The molecule has 0 saturated carbocycles. The summed E-state index contributed by atoms with van der Waals surface area (Å²) in [7, 11) is 0. The lowest BCUT2D eigenvalue weighted by Crippen LogP contribution is -2.22. The van der Waals surface area contributed by atoms with Crippen LogP contribution in [0.25, 0.3) is 0 Å². The summed E-state index contributed by atoms with van der Waals surface area (Å²) in [5.41, 5.74) is 10.3. The minimum Gasteiger partial charge on any atom is -0.260 e. The summed E-state index contributed by atoms with van der Waals surface area (Å²) in [5, 5.41) is 0. The molecule has 11 nitrogen and oxygen atoms in total. The standard InChI is InChI=1S/2C13H21N.3C12H20N2.C11H19N3/c1-12(2,3)10-7-8-11(14-9-10)13(4,5)6;1-12(2,3)10-8-7-9-11(14-10)13(4,5)6;1-11(2,3)9-7-14-10(8-13-9)12(4,5)6;1-11(2,3)9-7-13-10(14-8-9)12(4,5)6;1-11(2,3)9-7-8-13-10(14-9)12(4,5)6;1-10(2,3)8-12-7-13-9(14-8)11(4,5)6/h2*7-9H,1-6H3;3*7-8H,1-6H3;7H,1-6H3. The molecule has 0 aliphatic carbocycles. The van der Waals surface area contributed by atoms with E-state index in [1.54, 1.807) is 6.33 Å². The summed E-state index contributed by atoms with van der Waals surface area (Å²) >= 11 is 0. The van der Waals surface area contributed by atoms with Gasteiger partial charge in [0.2, 0.25) is 0 Å². The van der Waals surface area contributed by atoms with Gasteiger partial charge in [0.1, 0.15) is 29.6 Å². The van der Waals surface area contributed by atoms with Gasteiger partial charge in [-0.2, -0.15) is 0 Å². The summed E-state index contributed by atoms with van der Waals surface area (Å²) in [4.78, 5) is 48.8. The first-order valence-electron chi connectivity index (χ1n) is 30.4. The van der Waals surface area contributed by atoms with Crippen LogP contribution in [0.5, 0.6) is 0 Å². The van der Waals surface area contributed by atoms with Gasteiger partial charge >= 0.3 is 0 Å². The lowest BCUT2D eigenvalue weighted by Gasteiger charge is -2.23. The maximum absolute atomic E-state index is 4.72. The first kappa shape index (κ1) is 76.6. The van der Waals surface area contributed by atoms with E-state index in [-0.39, 0.29) is 65.0 Å². The third-order valence-corrected chi connectivity index (χ3v) is 13.1. The molecule has 0 atom stereocenters. The van der Waals surface area contributed by atoms with E-state index in [1.807, 2.05) is 43.2 Å². The molecule has 6 rings (SSSR count). The molecule has 84 heavy (non-hydrogen) atoms. The molecule has 0 aromatic carbocycles. The minimum atomic E-state index is -0.0110. The Bertz CT molecular complexity index is 2380. The molecular formula is C73H121N11. The molecule has 0 saturated heterocycles. The Hall–Kier alpha value is -5.45. The van der Waals surface area contributed by atoms with Crippen LogP contribution in [0.15, 0.2) is 79.9 Å². The Morgan fingerprint density at radius 3 is 0.798 bits per heavy atom. The zero-order chi connectivity index (χ0) is 65.9. The van der Waals surface area contributed by atoms with Crippen molar-refractivity contribution in [3.8, 4) is 0 Å². The summed E-state index contributed by atoms with van der Waals surface area (Å²) in [6.45, 7) is 77.7. The highest BCUT2D eigenvalue weighted by Gasteiger charge is 2.26. The lowest BCUT2D eigenvalue weighted by atomic mass is 9.86. The summed E-state index contributed by atoms with van der Waals surface area (Å²) < 4.78 is 0. The van der Waals surface area contributed by atoms with Crippen LogP contribution >= 0.6 is 0 Å². The SMILES string of the molecule is CC(C)(C)c1ccc(C(C)(C)C)nc1.CC(C)(C)c1cccc(C(C)(C)C)n1.CC(C)(C)c1ccnc(C(C)(C)C)n1.CC(C)(C)c1cnc(C(C)(C)C)cn1.CC(C)(C)c1cnc(C(C)(C)C)nc1.CC(C)(C)c1ncnc(C(C)(C)C)n1. The fourth-order valence-corrected chi connectivity index (χ4v) is 6.91. The smallest absolute Gasteiger partial charge is 0.137 e. The van der Waals surface area contributed by atoms with Crippen molar-refractivity contribution in [3.05, 3.63) is 148 Å². The number of rotatable bonds is 0. The van der Waals surface area contributed by atoms with Crippen LogP contribution in [0, 0.1) is 0 Å². The zero-order valence-electron chi connectivity index (χ0n) is 60.4. The fraction of sp³-hybridized carbons (Fsp3) is 0.658. The number of pyridine rings is 2. The highest BCUT2D eigenvalue weighted by atomic mass is 15.0. The first-order valence-corrected chi connectivity index (χ1v) is 30.4. The molecule has 6 aromatic rings. The van der Waals surface area contributed by atoms with E-state index in [2.05, 4.69) is 329 Å². The highest BCUT2D eigenvalue weighted by Crippen LogP contribution is 2.29. The molecule has 0 aliphatic heterocycles. The van der Waals surface area contributed by atoms with Crippen LogP contribution in [-0.2, 0) is 65.0 Å². The summed E-state index contributed by atoms with van der Waals surface area (Å²) in [5.74, 6) is 3.55. The average Bonchev–Trinajstić information content (AvgIpc) is 3.36. The monoisotopic (exact) mass is 1150 g/mol. The van der Waals surface area contributed by atoms with E-state index in [9.17, 15) is 0 Å². The molecule has 0 amide bonds. The van der Waals surface area contributed by atoms with E-state index in [4.69, 9.17) is 4.98 Å². The van der Waals surface area contributed by atoms with Gasteiger partial charge in [0, 0.05) is 114 Å². The first-order chi connectivity index (χ1) is 37.3. The Morgan fingerprint density at radius 2 is 0.512 bits per heavy atom. The van der Waals surface area contributed by atoms with Crippen LogP contribution in [-0.4, -0.2) is 54.8 Å². The second kappa shape index (κ2) is 28.4. The largest absolute Gasteiger partial charge is 0.260 e. The predicted molar refractivity (Wildman–Crippen MR) is 359 cm³/mol. The zero-order valence-corrected chi connectivity index (χ0v) is 60.4. The third-order valence-electron chi connectivity index (χ3n) is 13.1. The number of hydrogen-bond donors (Lipinski definition) is 0. The van der Waals surface area contributed by atoms with Gasteiger partial charge < -0.3 is 0 Å². The van der Waals surface area contributed by atoms with E-state index >= 15 is 0 Å². The van der Waals surface area contributed by atoms with Crippen molar-refractivity contribution in [2.24, 2.45) is 0 Å². The molecule has 0 fully saturated rings. The third kappa shape index (κ3) is 27.3. The maximum Gasteiger partial charge on any atom is 0.137 e. The fourth-order valence-electron chi connectivity index (χ4n) is 6.91. The molecule has 6 aromatic heterocycles. The van der Waals surface area contributed by atoms with Gasteiger partial charge in [-0.15, -0.1) is 0 Å². The number of aromatic nitrogens is 11. The second-order valence-electron chi connectivity index (χ2n) is 34.8. The molecular weight excluding hydrogens is 1030 g/mol. The van der Waals surface area contributed by atoms with E-state index < -0.39 is 0 Å². The minimum absolute atomic E-state index is 0.0110. The van der Waals surface area contributed by atoms with Crippen LogP contribution in [0.3, 0.4) is 0 Å². The van der Waals surface area contributed by atoms with Crippen LogP contribution in [0.4, 0.5) is 0 Å². The van der Waals surface area contributed by atoms with Gasteiger partial charge in [-0.25, -0.2) is 34.9 Å². The van der Waals surface area contributed by atoms with Gasteiger partial charge in [-0.05, 0) is 46.2 Å². The predicted octanol–water partition coefficient (Wildman–Crippen LogP) is 19.0. The van der Waals surface area contributed by atoms with Crippen molar-refractivity contribution in [2.75, 3.05) is 0 Å². The molecule has 468 valence electrons. The van der Waals surface area contributed by atoms with Crippen LogP contribution in [0.1, 0.15) is 318 Å². The topological polar surface area (TPSA) is 142 Å². The Balaban J connectivity index is 0.000000504.